The number of alkyl halides is 3. The van der Waals surface area contributed by atoms with Gasteiger partial charge < -0.3 is 10.4 Å². The number of hydrogen-bond donors (Lipinski definition) is 2. The van der Waals surface area contributed by atoms with Crippen LogP contribution in [-0.2, 0) is 17.4 Å². The highest BCUT2D eigenvalue weighted by Gasteiger charge is 2.34. The first-order valence-electron chi connectivity index (χ1n) is 7.02. The molecule has 0 saturated heterocycles. The molecule has 0 atom stereocenters. The van der Waals surface area contributed by atoms with Crippen molar-refractivity contribution in [3.8, 4) is 0 Å². The third kappa shape index (κ3) is 4.14. The van der Waals surface area contributed by atoms with Gasteiger partial charge in [0.1, 0.15) is 4.88 Å². The van der Waals surface area contributed by atoms with Gasteiger partial charge in [0.05, 0.1) is 11.3 Å². The van der Waals surface area contributed by atoms with Crippen LogP contribution in [-0.4, -0.2) is 17.0 Å². The van der Waals surface area contributed by atoms with E-state index in [1.54, 1.807) is 6.92 Å². The van der Waals surface area contributed by atoms with Crippen molar-refractivity contribution in [3.63, 3.8) is 0 Å². The molecule has 1 amide bonds. The van der Waals surface area contributed by atoms with Crippen molar-refractivity contribution in [1.82, 2.24) is 0 Å². The number of rotatable bonds is 5. The first-order chi connectivity index (χ1) is 11.2. The third-order valence-corrected chi connectivity index (χ3v) is 4.31. The summed E-state index contributed by atoms with van der Waals surface area (Å²) in [6.07, 6.45) is -4.29. The van der Waals surface area contributed by atoms with Crippen LogP contribution >= 0.6 is 11.3 Å². The number of benzene rings is 1. The number of carboxylic acids is 1. The number of nitrogens with one attached hydrogen (secondary N) is 1. The largest absolute Gasteiger partial charge is 0.478 e. The maximum Gasteiger partial charge on any atom is 0.425 e. The normalized spacial score (nSPS) is 11.3. The van der Waals surface area contributed by atoms with Crippen molar-refractivity contribution in [1.29, 1.82) is 0 Å². The van der Waals surface area contributed by atoms with Gasteiger partial charge in [-0.15, -0.1) is 11.3 Å². The van der Waals surface area contributed by atoms with E-state index < -0.39 is 17.0 Å². The Labute approximate surface area is 139 Å². The van der Waals surface area contributed by atoms with Gasteiger partial charge >= 0.3 is 12.1 Å². The number of thiophene rings is 1. The molecule has 1 aromatic heterocycles. The molecule has 0 radical (unpaired) electrons. The molecule has 2 aromatic rings. The van der Waals surface area contributed by atoms with Gasteiger partial charge in [-0.1, -0.05) is 13.0 Å². The molecule has 0 unspecified atom stereocenters. The number of halogens is 3. The number of aromatic carboxylic acids is 1. The molecule has 128 valence electrons. The van der Waals surface area contributed by atoms with Gasteiger partial charge in [-0.2, -0.15) is 13.2 Å². The average Bonchev–Trinajstić information content (AvgIpc) is 2.96. The zero-order chi connectivity index (χ0) is 17.9. The average molecular weight is 357 g/mol. The maximum absolute atomic E-state index is 12.9. The SMILES string of the molecule is CCC(=O)Nc1ccc(Cc2ccsc2C(F)(F)F)cc1C(=O)O. The van der Waals surface area contributed by atoms with Gasteiger partial charge in [0.25, 0.3) is 0 Å². The lowest BCUT2D eigenvalue weighted by Gasteiger charge is -2.11. The molecule has 24 heavy (non-hydrogen) atoms. The zero-order valence-corrected chi connectivity index (χ0v) is 13.4. The van der Waals surface area contributed by atoms with Gasteiger partial charge in [0.2, 0.25) is 5.91 Å². The van der Waals surface area contributed by atoms with Gasteiger partial charge in [-0.3, -0.25) is 4.79 Å². The Morgan fingerprint density at radius 2 is 1.96 bits per heavy atom. The van der Waals surface area contributed by atoms with Crippen LogP contribution in [0.15, 0.2) is 29.6 Å². The number of amides is 1. The lowest BCUT2D eigenvalue weighted by atomic mass is 10.0. The lowest BCUT2D eigenvalue weighted by molar-refractivity contribution is -0.134. The molecular formula is C16H14F3NO3S. The van der Waals surface area contributed by atoms with Gasteiger partial charge in [0.15, 0.2) is 0 Å². The summed E-state index contributed by atoms with van der Waals surface area (Å²) in [5, 5.41) is 13.1. The highest BCUT2D eigenvalue weighted by Crippen LogP contribution is 2.37. The molecule has 0 bridgehead atoms. The molecular weight excluding hydrogens is 343 g/mol. The van der Waals surface area contributed by atoms with E-state index in [1.165, 1.54) is 29.6 Å². The first-order valence-corrected chi connectivity index (χ1v) is 7.90. The van der Waals surface area contributed by atoms with E-state index in [0.717, 1.165) is 0 Å². The van der Waals surface area contributed by atoms with E-state index in [2.05, 4.69) is 5.32 Å². The standard InChI is InChI=1S/C16H14F3NO3S/c1-2-13(21)20-12-4-3-9(8-11(12)15(22)23)7-10-5-6-24-14(10)16(17,18)19/h3-6,8H,2,7H2,1H3,(H,20,21)(H,22,23). The summed E-state index contributed by atoms with van der Waals surface area (Å²) in [7, 11) is 0. The van der Waals surface area contributed by atoms with Gasteiger partial charge in [0, 0.05) is 6.42 Å². The number of anilines is 1. The number of carbonyl (C=O) groups excluding carboxylic acids is 1. The molecule has 0 saturated carbocycles. The van der Waals surface area contributed by atoms with E-state index in [0.29, 0.717) is 16.9 Å². The Balaban J connectivity index is 2.33. The van der Waals surface area contributed by atoms with Crippen LogP contribution in [0.4, 0.5) is 18.9 Å². The second-order valence-corrected chi connectivity index (χ2v) is 5.95. The van der Waals surface area contributed by atoms with E-state index >= 15 is 0 Å². The van der Waals surface area contributed by atoms with Crippen LogP contribution in [0.2, 0.25) is 0 Å². The molecule has 0 spiro atoms. The van der Waals surface area contributed by atoms with Gasteiger partial charge in [-0.25, -0.2) is 4.79 Å². The first kappa shape index (κ1) is 18.0. The monoisotopic (exact) mass is 357 g/mol. The van der Waals surface area contributed by atoms with E-state index in [4.69, 9.17) is 0 Å². The Morgan fingerprint density at radius 3 is 2.54 bits per heavy atom. The molecule has 2 rings (SSSR count). The minimum atomic E-state index is -4.44. The van der Waals surface area contributed by atoms with Crippen molar-refractivity contribution in [3.05, 3.63) is 51.2 Å². The van der Waals surface area contributed by atoms with E-state index in [9.17, 15) is 27.9 Å². The summed E-state index contributed by atoms with van der Waals surface area (Å²) in [5.41, 5.74) is 0.484. The van der Waals surface area contributed by atoms with E-state index in [1.807, 2.05) is 0 Å². The smallest absolute Gasteiger partial charge is 0.425 e. The summed E-state index contributed by atoms with van der Waals surface area (Å²) in [6, 6.07) is 5.56. The van der Waals surface area contributed by atoms with Crippen molar-refractivity contribution < 1.29 is 27.9 Å². The second kappa shape index (κ2) is 7.04. The van der Waals surface area contributed by atoms with Crippen LogP contribution in [0.25, 0.3) is 0 Å². The highest BCUT2D eigenvalue weighted by atomic mass is 32.1. The Hall–Kier alpha value is -2.35. The molecule has 8 heteroatoms. The number of hydrogen-bond acceptors (Lipinski definition) is 3. The number of carbonyl (C=O) groups is 2. The minimum absolute atomic E-state index is 0.0410. The quantitative estimate of drug-likeness (QED) is 0.833. The Kier molecular flexibility index (Phi) is 5.28. The van der Waals surface area contributed by atoms with Crippen molar-refractivity contribution in [2.24, 2.45) is 0 Å². The Morgan fingerprint density at radius 1 is 1.25 bits per heavy atom. The van der Waals surface area contributed by atoms with Crippen LogP contribution in [0, 0.1) is 0 Å². The Bertz CT molecular complexity index is 768. The van der Waals surface area contributed by atoms with Crippen LogP contribution in [0.3, 0.4) is 0 Å². The van der Waals surface area contributed by atoms with Crippen molar-refractivity contribution >= 4 is 28.9 Å². The molecule has 0 aliphatic carbocycles. The number of carboxylic acid groups (broad SMARTS) is 1. The zero-order valence-electron chi connectivity index (χ0n) is 12.6. The molecule has 0 aliphatic heterocycles. The summed E-state index contributed by atoms with van der Waals surface area (Å²) >= 11 is 0.602. The van der Waals surface area contributed by atoms with Crippen molar-refractivity contribution in [2.75, 3.05) is 5.32 Å². The molecule has 4 nitrogen and oxygen atoms in total. The molecule has 1 heterocycles. The predicted octanol–water partition coefficient (Wildman–Crippen LogP) is 4.40. The summed E-state index contributed by atoms with van der Waals surface area (Å²) in [5.74, 6) is -1.60. The van der Waals surface area contributed by atoms with Crippen molar-refractivity contribution in [2.45, 2.75) is 25.9 Å². The fraction of sp³-hybridized carbons (Fsp3) is 0.250. The van der Waals surface area contributed by atoms with Crippen LogP contribution in [0.5, 0.6) is 0 Å². The molecule has 2 N–H and O–H groups in total. The molecule has 0 aliphatic rings. The maximum atomic E-state index is 12.9. The second-order valence-electron chi connectivity index (χ2n) is 5.04. The third-order valence-electron chi connectivity index (χ3n) is 3.31. The lowest BCUT2D eigenvalue weighted by Crippen LogP contribution is -2.13. The predicted molar refractivity (Wildman–Crippen MR) is 84.4 cm³/mol. The summed E-state index contributed by atoms with van der Waals surface area (Å²) in [6.45, 7) is 1.62. The minimum Gasteiger partial charge on any atom is -0.478 e. The molecule has 0 fully saturated rings. The highest BCUT2D eigenvalue weighted by molar-refractivity contribution is 7.10. The topological polar surface area (TPSA) is 66.4 Å². The molecule has 1 aromatic carbocycles. The van der Waals surface area contributed by atoms with E-state index in [-0.39, 0.29) is 35.6 Å². The summed E-state index contributed by atoms with van der Waals surface area (Å²) < 4.78 is 38.7. The fourth-order valence-electron chi connectivity index (χ4n) is 2.17. The fourth-order valence-corrected chi connectivity index (χ4v) is 2.96. The van der Waals surface area contributed by atoms with Gasteiger partial charge in [-0.05, 0) is 41.1 Å². The van der Waals surface area contributed by atoms with Crippen LogP contribution in [0.1, 0.15) is 39.7 Å². The van der Waals surface area contributed by atoms with Crippen LogP contribution < -0.4 is 5.32 Å². The summed E-state index contributed by atoms with van der Waals surface area (Å²) in [4.78, 5) is 22.1.